The molecular formula is C10H14ClN3O2S2. The van der Waals surface area contributed by atoms with Gasteiger partial charge in [-0.05, 0) is 0 Å². The molecule has 5 nitrogen and oxygen atoms in total. The molecule has 100 valence electrons. The van der Waals surface area contributed by atoms with Crippen molar-refractivity contribution in [3.05, 3.63) is 23.2 Å². The Morgan fingerprint density at radius 1 is 1.50 bits per heavy atom. The summed E-state index contributed by atoms with van der Waals surface area (Å²) in [4.78, 5) is 10.0. The quantitative estimate of drug-likeness (QED) is 0.832. The van der Waals surface area contributed by atoms with Gasteiger partial charge >= 0.3 is 0 Å². The minimum Gasteiger partial charge on any atom is -0.280 e. The molecule has 0 radical (unpaired) electrons. The molecule has 1 fully saturated rings. The zero-order valence-electron chi connectivity index (χ0n) is 9.91. The molecule has 1 aromatic heterocycles. The number of rotatable bonds is 3. The van der Waals surface area contributed by atoms with E-state index in [1.54, 1.807) is 18.0 Å². The Balaban J connectivity index is 2.13. The number of hydrogen-bond donors (Lipinski definition) is 0. The van der Waals surface area contributed by atoms with Crippen LogP contribution < -0.4 is 0 Å². The summed E-state index contributed by atoms with van der Waals surface area (Å²) in [6.45, 7) is 1.23. The van der Waals surface area contributed by atoms with Crippen LogP contribution in [-0.2, 0) is 16.4 Å². The Kier molecular flexibility index (Phi) is 4.47. The first kappa shape index (κ1) is 14.0. The van der Waals surface area contributed by atoms with Gasteiger partial charge in [-0.1, -0.05) is 11.6 Å². The van der Waals surface area contributed by atoms with Crippen LogP contribution in [0.3, 0.4) is 0 Å². The number of nitrogens with zero attached hydrogens (tertiary/aromatic N) is 3. The summed E-state index contributed by atoms with van der Waals surface area (Å²) in [6, 6.07) is 0. The summed E-state index contributed by atoms with van der Waals surface area (Å²) < 4.78 is 23.5. The maximum absolute atomic E-state index is 11.7. The molecule has 0 amide bonds. The summed E-state index contributed by atoms with van der Waals surface area (Å²) in [7, 11) is -3.07. The van der Waals surface area contributed by atoms with E-state index in [1.807, 2.05) is 4.90 Å². The summed E-state index contributed by atoms with van der Waals surface area (Å²) in [5.41, 5.74) is 0.736. The van der Waals surface area contributed by atoms with E-state index in [-0.39, 0.29) is 0 Å². The van der Waals surface area contributed by atoms with Crippen LogP contribution in [0.4, 0.5) is 0 Å². The molecule has 2 rings (SSSR count). The zero-order chi connectivity index (χ0) is 13.2. The fourth-order valence-corrected chi connectivity index (χ4v) is 4.86. The zero-order valence-corrected chi connectivity index (χ0v) is 12.3. The molecule has 8 heteroatoms. The van der Waals surface area contributed by atoms with E-state index in [0.29, 0.717) is 17.5 Å². The lowest BCUT2D eigenvalue weighted by Gasteiger charge is -2.33. The van der Waals surface area contributed by atoms with Crippen molar-refractivity contribution in [3.8, 4) is 0 Å². The van der Waals surface area contributed by atoms with Gasteiger partial charge in [0.05, 0.1) is 18.1 Å². The second-order valence-electron chi connectivity index (χ2n) is 4.16. The second-order valence-corrected chi connectivity index (χ2v) is 7.90. The van der Waals surface area contributed by atoms with Gasteiger partial charge in [-0.15, -0.1) is 0 Å². The van der Waals surface area contributed by atoms with Crippen molar-refractivity contribution in [2.45, 2.75) is 11.9 Å². The fourth-order valence-electron chi connectivity index (χ4n) is 1.82. The molecule has 2 heterocycles. The number of sulfone groups is 1. The Morgan fingerprint density at radius 3 is 2.89 bits per heavy atom. The highest BCUT2D eigenvalue weighted by atomic mass is 35.5. The number of aromatic nitrogens is 2. The molecule has 1 unspecified atom stereocenters. The summed E-state index contributed by atoms with van der Waals surface area (Å²) in [5.74, 6) is 1.55. The Morgan fingerprint density at radius 2 is 2.28 bits per heavy atom. The van der Waals surface area contributed by atoms with Crippen LogP contribution in [0.5, 0.6) is 0 Å². The molecule has 0 N–H and O–H groups in total. The van der Waals surface area contributed by atoms with Gasteiger partial charge in [-0.2, -0.15) is 11.8 Å². The predicted octanol–water partition coefficient (Wildman–Crippen LogP) is 1.05. The molecule has 1 aromatic rings. The van der Waals surface area contributed by atoms with Crippen LogP contribution in [0, 0.1) is 0 Å². The Hall–Kier alpha value is -0.370. The highest BCUT2D eigenvalue weighted by Crippen LogP contribution is 2.21. The van der Waals surface area contributed by atoms with Crippen LogP contribution in [0.2, 0.25) is 5.15 Å². The fraction of sp³-hybridized carbons (Fsp3) is 0.600. The lowest BCUT2D eigenvalue weighted by Crippen LogP contribution is -2.46. The van der Waals surface area contributed by atoms with Gasteiger partial charge in [-0.25, -0.2) is 13.4 Å². The first-order chi connectivity index (χ1) is 8.47. The molecule has 1 atom stereocenters. The van der Waals surface area contributed by atoms with Crippen LogP contribution in [0.15, 0.2) is 12.4 Å². The first-order valence-corrected chi connectivity index (χ1v) is 8.92. The van der Waals surface area contributed by atoms with Gasteiger partial charge in [0.1, 0.15) is 10.5 Å². The lowest BCUT2D eigenvalue weighted by molar-refractivity contribution is 0.259. The molecule has 1 saturated heterocycles. The van der Waals surface area contributed by atoms with Crippen molar-refractivity contribution in [1.82, 2.24) is 14.9 Å². The monoisotopic (exact) mass is 307 g/mol. The molecule has 0 aromatic carbocycles. The molecule has 1 aliphatic heterocycles. The van der Waals surface area contributed by atoms with E-state index in [4.69, 9.17) is 11.6 Å². The van der Waals surface area contributed by atoms with E-state index in [9.17, 15) is 8.42 Å². The number of hydrogen-bond acceptors (Lipinski definition) is 6. The third-order valence-electron chi connectivity index (χ3n) is 2.72. The Bertz CT molecular complexity index is 506. The van der Waals surface area contributed by atoms with E-state index in [1.165, 1.54) is 12.5 Å². The standard InChI is InChI=1S/C10H14ClN3O2S2/c1-18(15,16)10-7-17-3-2-14(10)6-8-4-13-9(11)5-12-8/h4-5,10H,2-3,6-7H2,1H3. The summed E-state index contributed by atoms with van der Waals surface area (Å²) >= 11 is 7.34. The topological polar surface area (TPSA) is 63.2 Å². The third kappa shape index (κ3) is 3.57. The highest BCUT2D eigenvalue weighted by Gasteiger charge is 2.31. The first-order valence-electron chi connectivity index (χ1n) is 5.44. The van der Waals surface area contributed by atoms with E-state index in [0.717, 1.165) is 18.0 Å². The van der Waals surface area contributed by atoms with Crippen LogP contribution >= 0.6 is 23.4 Å². The van der Waals surface area contributed by atoms with Gasteiger partial charge in [0.25, 0.3) is 0 Å². The van der Waals surface area contributed by atoms with Gasteiger partial charge in [-0.3, -0.25) is 9.88 Å². The van der Waals surface area contributed by atoms with Gasteiger partial charge < -0.3 is 0 Å². The third-order valence-corrected chi connectivity index (χ3v) is 5.61. The molecule has 0 saturated carbocycles. The maximum atomic E-state index is 11.7. The van der Waals surface area contributed by atoms with Crippen molar-refractivity contribution in [2.24, 2.45) is 0 Å². The van der Waals surface area contributed by atoms with E-state index >= 15 is 0 Å². The van der Waals surface area contributed by atoms with E-state index < -0.39 is 15.2 Å². The summed E-state index contributed by atoms with van der Waals surface area (Å²) in [6.07, 6.45) is 4.35. The SMILES string of the molecule is CS(=O)(=O)C1CSCCN1Cc1cnc(Cl)cn1. The molecule has 0 aliphatic carbocycles. The van der Waals surface area contributed by atoms with E-state index in [2.05, 4.69) is 9.97 Å². The summed E-state index contributed by atoms with van der Waals surface area (Å²) in [5, 5.41) is -0.0960. The van der Waals surface area contributed by atoms with Crippen molar-refractivity contribution in [3.63, 3.8) is 0 Å². The lowest BCUT2D eigenvalue weighted by atomic mass is 10.4. The van der Waals surface area contributed by atoms with Gasteiger partial charge in [0.15, 0.2) is 9.84 Å². The minimum atomic E-state index is -3.07. The predicted molar refractivity (Wildman–Crippen MR) is 73.4 cm³/mol. The Labute approximate surface area is 116 Å². The van der Waals surface area contributed by atoms with Gasteiger partial charge in [0, 0.05) is 30.9 Å². The van der Waals surface area contributed by atoms with Crippen LogP contribution in [-0.4, -0.2) is 53.0 Å². The molecule has 18 heavy (non-hydrogen) atoms. The molecular weight excluding hydrogens is 294 g/mol. The minimum absolute atomic E-state index is 0.340. The van der Waals surface area contributed by atoms with Gasteiger partial charge in [0.2, 0.25) is 0 Å². The highest BCUT2D eigenvalue weighted by molar-refractivity contribution is 8.00. The van der Waals surface area contributed by atoms with Crippen molar-refractivity contribution >= 4 is 33.2 Å². The maximum Gasteiger partial charge on any atom is 0.164 e. The normalized spacial score (nSPS) is 22.0. The number of halogens is 1. The average molecular weight is 308 g/mol. The van der Waals surface area contributed by atoms with Crippen molar-refractivity contribution in [2.75, 3.05) is 24.3 Å². The van der Waals surface area contributed by atoms with Crippen LogP contribution in [0.1, 0.15) is 5.69 Å². The van der Waals surface area contributed by atoms with Crippen molar-refractivity contribution < 1.29 is 8.42 Å². The molecule has 0 bridgehead atoms. The number of thioether (sulfide) groups is 1. The molecule has 1 aliphatic rings. The van der Waals surface area contributed by atoms with Crippen LogP contribution in [0.25, 0.3) is 0 Å². The second kappa shape index (κ2) is 5.73. The average Bonchev–Trinajstić information content (AvgIpc) is 2.31. The largest absolute Gasteiger partial charge is 0.280 e. The smallest absolute Gasteiger partial charge is 0.164 e. The molecule has 0 spiro atoms. The van der Waals surface area contributed by atoms with Crippen molar-refractivity contribution in [1.29, 1.82) is 0 Å².